The van der Waals surface area contributed by atoms with E-state index in [1.807, 2.05) is 6.92 Å². The fourth-order valence-corrected chi connectivity index (χ4v) is 0.849. The van der Waals surface area contributed by atoms with Gasteiger partial charge in [-0.05, 0) is 6.42 Å². The lowest BCUT2D eigenvalue weighted by Crippen LogP contribution is -2.14. The van der Waals surface area contributed by atoms with Crippen LogP contribution in [0, 0.1) is 0 Å². The van der Waals surface area contributed by atoms with Crippen LogP contribution < -0.4 is 11.3 Å². The average molecular weight is 153 g/mol. The van der Waals surface area contributed by atoms with Gasteiger partial charge in [-0.25, -0.2) is 0 Å². The number of hydrogen-bond donors (Lipinski definition) is 1. The van der Waals surface area contributed by atoms with Crippen LogP contribution in [-0.4, -0.2) is 9.55 Å². The molecule has 1 heterocycles. The molecule has 4 heteroatoms. The quantitative estimate of drug-likeness (QED) is 0.661. The molecule has 0 amide bonds. The van der Waals surface area contributed by atoms with Gasteiger partial charge in [0.1, 0.15) is 5.69 Å². The highest BCUT2D eigenvalue weighted by molar-refractivity contribution is 5.29. The Hall–Kier alpha value is -1.32. The smallest absolute Gasteiger partial charge is 0.295 e. The molecule has 0 aliphatic rings. The monoisotopic (exact) mass is 153 g/mol. The van der Waals surface area contributed by atoms with E-state index in [-0.39, 0.29) is 11.2 Å². The first-order chi connectivity index (χ1) is 5.24. The van der Waals surface area contributed by atoms with Crippen LogP contribution in [0.4, 0.5) is 5.69 Å². The minimum Gasteiger partial charge on any atom is -0.393 e. The molecule has 60 valence electrons. The summed E-state index contributed by atoms with van der Waals surface area (Å²) in [7, 11) is 0. The molecule has 0 saturated carbocycles. The van der Waals surface area contributed by atoms with E-state index in [1.165, 1.54) is 6.33 Å². The number of aryl methyl sites for hydroxylation is 1. The van der Waals surface area contributed by atoms with Gasteiger partial charge >= 0.3 is 0 Å². The summed E-state index contributed by atoms with van der Waals surface area (Å²) in [6.45, 7) is 2.89. The van der Waals surface area contributed by atoms with E-state index in [4.69, 9.17) is 5.73 Å². The maximum atomic E-state index is 10.7. The van der Waals surface area contributed by atoms with Gasteiger partial charge in [-0.2, -0.15) is 4.98 Å². The van der Waals surface area contributed by atoms with E-state index < -0.39 is 0 Å². The summed E-state index contributed by atoms with van der Waals surface area (Å²) in [5.74, 6) is 0. The highest BCUT2D eigenvalue weighted by Gasteiger charge is 1.93. The molecule has 0 saturated heterocycles. The van der Waals surface area contributed by atoms with Gasteiger partial charge in [0.2, 0.25) is 0 Å². The minimum absolute atomic E-state index is 0.209. The maximum Gasteiger partial charge on any atom is 0.295 e. The Kier molecular flexibility index (Phi) is 2.25. The Morgan fingerprint density at radius 1 is 1.73 bits per heavy atom. The number of anilines is 1. The third-order valence-electron chi connectivity index (χ3n) is 1.36. The van der Waals surface area contributed by atoms with Crippen LogP contribution in [0.2, 0.25) is 0 Å². The van der Waals surface area contributed by atoms with Crippen LogP contribution >= 0.6 is 0 Å². The Labute approximate surface area is 64.7 Å². The highest BCUT2D eigenvalue weighted by atomic mass is 16.1. The number of nitrogens with zero attached hydrogens (tertiary/aromatic N) is 2. The topological polar surface area (TPSA) is 60.9 Å². The Bertz CT molecular complexity index is 292. The first kappa shape index (κ1) is 7.78. The van der Waals surface area contributed by atoms with Crippen molar-refractivity contribution in [2.45, 2.75) is 19.9 Å². The first-order valence-electron chi connectivity index (χ1n) is 3.55. The van der Waals surface area contributed by atoms with Gasteiger partial charge < -0.3 is 10.3 Å². The van der Waals surface area contributed by atoms with Crippen molar-refractivity contribution in [3.63, 3.8) is 0 Å². The Morgan fingerprint density at radius 3 is 3.00 bits per heavy atom. The fraction of sp³-hybridized carbons (Fsp3) is 0.429. The second-order valence-electron chi connectivity index (χ2n) is 2.37. The summed E-state index contributed by atoms with van der Waals surface area (Å²) in [6.07, 6.45) is 4.12. The molecule has 0 unspecified atom stereocenters. The highest BCUT2D eigenvalue weighted by Crippen LogP contribution is 1.92. The number of nitrogen functional groups attached to an aromatic ring is 1. The standard InChI is InChI=1S/C7H11N3O/c1-2-3-10-4-6(8)7(11)9-5-10/h4-5H,2-3,8H2,1H3. The van der Waals surface area contributed by atoms with E-state index in [9.17, 15) is 4.79 Å². The van der Waals surface area contributed by atoms with Crippen molar-refractivity contribution < 1.29 is 0 Å². The maximum absolute atomic E-state index is 10.7. The Morgan fingerprint density at radius 2 is 2.45 bits per heavy atom. The number of hydrogen-bond acceptors (Lipinski definition) is 3. The summed E-state index contributed by atoms with van der Waals surface area (Å²) in [5, 5.41) is 0. The molecule has 4 nitrogen and oxygen atoms in total. The molecule has 0 fully saturated rings. The number of nitrogens with two attached hydrogens (primary N) is 1. The fourth-order valence-electron chi connectivity index (χ4n) is 0.849. The Balaban J connectivity index is 2.96. The number of aromatic nitrogens is 2. The van der Waals surface area contributed by atoms with Crippen molar-refractivity contribution in [1.82, 2.24) is 9.55 Å². The lowest BCUT2D eigenvalue weighted by Gasteiger charge is -2.02. The molecular formula is C7H11N3O. The van der Waals surface area contributed by atoms with Crippen molar-refractivity contribution in [2.75, 3.05) is 5.73 Å². The van der Waals surface area contributed by atoms with E-state index >= 15 is 0 Å². The van der Waals surface area contributed by atoms with Gasteiger partial charge in [0.25, 0.3) is 5.56 Å². The summed E-state index contributed by atoms with van der Waals surface area (Å²) in [6, 6.07) is 0. The van der Waals surface area contributed by atoms with Gasteiger partial charge in [-0.3, -0.25) is 4.79 Å². The predicted octanol–water partition coefficient (Wildman–Crippen LogP) is 0.235. The van der Waals surface area contributed by atoms with Gasteiger partial charge in [-0.15, -0.1) is 0 Å². The summed E-state index contributed by atoms with van der Waals surface area (Å²) < 4.78 is 1.80. The van der Waals surface area contributed by atoms with Crippen molar-refractivity contribution in [3.05, 3.63) is 22.9 Å². The van der Waals surface area contributed by atoms with Gasteiger partial charge in [0, 0.05) is 12.7 Å². The number of rotatable bonds is 2. The van der Waals surface area contributed by atoms with Crippen LogP contribution in [0.5, 0.6) is 0 Å². The van der Waals surface area contributed by atoms with Gasteiger partial charge in [-0.1, -0.05) is 6.92 Å². The van der Waals surface area contributed by atoms with Crippen molar-refractivity contribution in [3.8, 4) is 0 Å². The van der Waals surface area contributed by atoms with E-state index in [1.54, 1.807) is 10.8 Å². The van der Waals surface area contributed by atoms with Crippen LogP contribution in [0.3, 0.4) is 0 Å². The van der Waals surface area contributed by atoms with Crippen molar-refractivity contribution in [2.24, 2.45) is 0 Å². The predicted molar refractivity (Wildman–Crippen MR) is 43.2 cm³/mol. The third kappa shape index (κ3) is 1.80. The summed E-state index contributed by atoms with van der Waals surface area (Å²) in [5.41, 5.74) is 5.21. The molecule has 0 aliphatic carbocycles. The van der Waals surface area contributed by atoms with Crippen molar-refractivity contribution in [1.29, 1.82) is 0 Å². The minimum atomic E-state index is -0.350. The van der Waals surface area contributed by atoms with Crippen LogP contribution in [0.25, 0.3) is 0 Å². The zero-order chi connectivity index (χ0) is 8.27. The lowest BCUT2D eigenvalue weighted by atomic mass is 10.4. The molecule has 1 aromatic heterocycles. The second kappa shape index (κ2) is 3.18. The van der Waals surface area contributed by atoms with Gasteiger partial charge in [0.15, 0.2) is 0 Å². The molecule has 0 radical (unpaired) electrons. The zero-order valence-electron chi connectivity index (χ0n) is 6.45. The molecule has 0 aromatic carbocycles. The van der Waals surface area contributed by atoms with Crippen LogP contribution in [0.15, 0.2) is 17.3 Å². The molecule has 1 aromatic rings. The third-order valence-corrected chi connectivity index (χ3v) is 1.36. The zero-order valence-corrected chi connectivity index (χ0v) is 6.45. The summed E-state index contributed by atoms with van der Waals surface area (Å²) in [4.78, 5) is 14.3. The SMILES string of the molecule is CCCn1cnc(=O)c(N)c1. The second-order valence-corrected chi connectivity index (χ2v) is 2.37. The molecular weight excluding hydrogens is 142 g/mol. The van der Waals surface area contributed by atoms with Crippen LogP contribution in [-0.2, 0) is 6.54 Å². The molecule has 2 N–H and O–H groups in total. The van der Waals surface area contributed by atoms with E-state index in [0.29, 0.717) is 0 Å². The molecule has 0 bridgehead atoms. The van der Waals surface area contributed by atoms with E-state index in [0.717, 1.165) is 13.0 Å². The molecule has 1 rings (SSSR count). The normalized spacial score (nSPS) is 9.91. The summed E-state index contributed by atoms with van der Waals surface area (Å²) >= 11 is 0. The first-order valence-corrected chi connectivity index (χ1v) is 3.55. The van der Waals surface area contributed by atoms with Crippen LogP contribution in [0.1, 0.15) is 13.3 Å². The van der Waals surface area contributed by atoms with Crippen molar-refractivity contribution >= 4 is 5.69 Å². The van der Waals surface area contributed by atoms with Gasteiger partial charge in [0.05, 0.1) is 6.33 Å². The average Bonchev–Trinajstić information content (AvgIpc) is 1.98. The molecule has 0 spiro atoms. The lowest BCUT2D eigenvalue weighted by molar-refractivity contribution is 0.660. The molecule has 0 atom stereocenters. The van der Waals surface area contributed by atoms with E-state index in [2.05, 4.69) is 4.98 Å². The molecule has 11 heavy (non-hydrogen) atoms. The molecule has 0 aliphatic heterocycles. The largest absolute Gasteiger partial charge is 0.393 e.